The van der Waals surface area contributed by atoms with Crippen LogP contribution < -0.4 is 9.47 Å². The van der Waals surface area contributed by atoms with Crippen LogP contribution in [0.5, 0.6) is 11.5 Å². The Bertz CT molecular complexity index is 1080. The Hall–Kier alpha value is -3.45. The van der Waals surface area contributed by atoms with E-state index in [1.807, 2.05) is 26.0 Å². The van der Waals surface area contributed by atoms with Gasteiger partial charge >= 0.3 is 5.97 Å². The summed E-state index contributed by atoms with van der Waals surface area (Å²) in [5.74, 6) is -0.986. The fourth-order valence-corrected chi connectivity index (χ4v) is 3.87. The summed E-state index contributed by atoms with van der Waals surface area (Å²) in [6.07, 6.45) is 1.63. The first-order valence-corrected chi connectivity index (χ1v) is 9.81. The van der Waals surface area contributed by atoms with E-state index in [1.165, 1.54) is 6.26 Å². The average Bonchev–Trinajstić information content (AvgIpc) is 3.38. The van der Waals surface area contributed by atoms with Crippen LogP contribution in [0.4, 0.5) is 0 Å². The normalized spacial score (nSPS) is 20.2. The minimum atomic E-state index is -1.95. The van der Waals surface area contributed by atoms with E-state index in [4.69, 9.17) is 23.7 Å². The molecule has 1 unspecified atom stereocenters. The molecule has 2 aliphatic heterocycles. The largest absolute Gasteiger partial charge is 0.497 e. The zero-order chi connectivity index (χ0) is 22.2. The van der Waals surface area contributed by atoms with Gasteiger partial charge < -0.3 is 28.8 Å². The molecular formula is C24H24O7. The van der Waals surface area contributed by atoms with Crippen LogP contribution in [0.15, 0.2) is 59.6 Å². The van der Waals surface area contributed by atoms with Crippen LogP contribution in [-0.2, 0) is 31.2 Å². The zero-order valence-corrected chi connectivity index (χ0v) is 17.9. The van der Waals surface area contributed by atoms with Gasteiger partial charge in [-0.1, -0.05) is 6.07 Å². The maximum absolute atomic E-state index is 12.9. The minimum absolute atomic E-state index is 0.00102. The van der Waals surface area contributed by atoms with E-state index < -0.39 is 11.8 Å². The lowest BCUT2D eigenvalue weighted by molar-refractivity contribution is -0.186. The highest BCUT2D eigenvalue weighted by molar-refractivity contribution is 5.97. The van der Waals surface area contributed by atoms with Crippen molar-refractivity contribution in [3.05, 3.63) is 81.8 Å². The Morgan fingerprint density at radius 3 is 2.39 bits per heavy atom. The third-order valence-corrected chi connectivity index (χ3v) is 5.79. The standard InChI is InChI=1S/C24H24O7/c1-14-15(2)20(28-4)10-5-16(14)11-19-22(21-12-29-13-30-21)23(25)31-24(19,26)17-6-8-18(27-3)9-7-17/h5-10,12,26H,11,13H2,1-4H3. The van der Waals surface area contributed by atoms with Gasteiger partial charge in [-0.15, -0.1) is 0 Å². The van der Waals surface area contributed by atoms with Gasteiger partial charge in [-0.3, -0.25) is 0 Å². The van der Waals surface area contributed by atoms with Gasteiger partial charge in [0.15, 0.2) is 5.76 Å². The predicted octanol–water partition coefficient (Wildman–Crippen LogP) is 3.41. The van der Waals surface area contributed by atoms with Gasteiger partial charge in [0.05, 0.1) is 14.2 Å². The van der Waals surface area contributed by atoms with Gasteiger partial charge in [0.2, 0.25) is 6.79 Å². The topological polar surface area (TPSA) is 83.5 Å². The number of cyclic esters (lactones) is 1. The lowest BCUT2D eigenvalue weighted by Crippen LogP contribution is -2.29. The lowest BCUT2D eigenvalue weighted by Gasteiger charge is -2.26. The zero-order valence-electron chi connectivity index (χ0n) is 17.9. The van der Waals surface area contributed by atoms with Gasteiger partial charge in [-0.2, -0.15) is 0 Å². The number of aliphatic hydroxyl groups is 1. The Morgan fingerprint density at radius 2 is 1.77 bits per heavy atom. The molecule has 0 radical (unpaired) electrons. The molecule has 2 aromatic rings. The highest BCUT2D eigenvalue weighted by Gasteiger charge is 2.49. The van der Waals surface area contributed by atoms with Crippen molar-refractivity contribution >= 4 is 5.97 Å². The van der Waals surface area contributed by atoms with E-state index in [0.29, 0.717) is 16.9 Å². The summed E-state index contributed by atoms with van der Waals surface area (Å²) in [7, 11) is 3.18. The Balaban J connectivity index is 1.85. The molecule has 0 saturated heterocycles. The molecule has 7 nitrogen and oxygen atoms in total. The first-order chi connectivity index (χ1) is 14.9. The van der Waals surface area contributed by atoms with Crippen LogP contribution in [0.25, 0.3) is 0 Å². The highest BCUT2D eigenvalue weighted by atomic mass is 16.7. The third-order valence-electron chi connectivity index (χ3n) is 5.79. The van der Waals surface area contributed by atoms with E-state index in [9.17, 15) is 9.90 Å². The van der Waals surface area contributed by atoms with Crippen molar-refractivity contribution in [1.82, 2.24) is 0 Å². The molecule has 7 heteroatoms. The lowest BCUT2D eigenvalue weighted by atomic mass is 9.87. The molecule has 0 amide bonds. The highest BCUT2D eigenvalue weighted by Crippen LogP contribution is 2.45. The van der Waals surface area contributed by atoms with Crippen molar-refractivity contribution in [1.29, 1.82) is 0 Å². The summed E-state index contributed by atoms with van der Waals surface area (Å²) in [4.78, 5) is 12.9. The summed E-state index contributed by atoms with van der Waals surface area (Å²) in [6, 6.07) is 10.5. The first-order valence-electron chi connectivity index (χ1n) is 9.81. The van der Waals surface area contributed by atoms with Crippen molar-refractivity contribution in [3.8, 4) is 11.5 Å². The monoisotopic (exact) mass is 424 g/mol. The maximum atomic E-state index is 12.9. The van der Waals surface area contributed by atoms with Crippen LogP contribution in [0.3, 0.4) is 0 Å². The van der Waals surface area contributed by atoms with Crippen molar-refractivity contribution in [3.63, 3.8) is 0 Å². The number of ether oxygens (including phenoxy) is 5. The molecule has 2 aromatic carbocycles. The summed E-state index contributed by atoms with van der Waals surface area (Å²) in [6.45, 7) is 3.95. The van der Waals surface area contributed by atoms with E-state index in [2.05, 4.69) is 0 Å². The van der Waals surface area contributed by atoms with Crippen LogP contribution in [0.2, 0.25) is 0 Å². The van der Waals surface area contributed by atoms with E-state index in [-0.39, 0.29) is 24.5 Å². The molecule has 0 saturated carbocycles. The van der Waals surface area contributed by atoms with Crippen LogP contribution in [-0.4, -0.2) is 32.1 Å². The predicted molar refractivity (Wildman–Crippen MR) is 111 cm³/mol. The summed E-state index contributed by atoms with van der Waals surface area (Å²) in [5.41, 5.74) is 3.88. The summed E-state index contributed by atoms with van der Waals surface area (Å²) < 4.78 is 26.8. The van der Waals surface area contributed by atoms with Crippen molar-refractivity contribution in [2.75, 3.05) is 21.0 Å². The second-order valence-electron chi connectivity index (χ2n) is 7.38. The second-order valence-corrected chi connectivity index (χ2v) is 7.38. The van der Waals surface area contributed by atoms with Crippen molar-refractivity contribution in [2.45, 2.75) is 26.1 Å². The Labute approximate surface area is 180 Å². The first kappa shape index (κ1) is 20.8. The molecule has 2 aliphatic rings. The minimum Gasteiger partial charge on any atom is -0.497 e. The number of hydrogen-bond acceptors (Lipinski definition) is 7. The number of benzene rings is 2. The number of esters is 1. The second kappa shape index (κ2) is 8.00. The number of methoxy groups -OCH3 is 2. The Morgan fingerprint density at radius 1 is 1.03 bits per heavy atom. The number of carbonyl (C=O) groups is 1. The smallest absolute Gasteiger partial charge is 0.345 e. The number of carbonyl (C=O) groups excluding carboxylic acids is 1. The molecule has 4 rings (SSSR count). The molecule has 2 heterocycles. The molecule has 1 atom stereocenters. The SMILES string of the molecule is COc1ccc(C2(O)OC(=O)C(C3=COCO3)=C2Cc2ccc(OC)c(C)c2C)cc1. The fraction of sp³-hybridized carbons (Fsp3) is 0.292. The quantitative estimate of drug-likeness (QED) is 0.712. The molecule has 0 fully saturated rings. The van der Waals surface area contributed by atoms with Gasteiger partial charge in [0.1, 0.15) is 23.3 Å². The van der Waals surface area contributed by atoms with E-state index in [1.54, 1.807) is 38.5 Å². The number of hydrogen-bond donors (Lipinski definition) is 1. The summed E-state index contributed by atoms with van der Waals surface area (Å²) >= 11 is 0. The average molecular weight is 424 g/mol. The van der Waals surface area contributed by atoms with Crippen LogP contribution >= 0.6 is 0 Å². The number of rotatable bonds is 6. The molecule has 1 N–H and O–H groups in total. The van der Waals surface area contributed by atoms with Gasteiger partial charge in [0, 0.05) is 17.6 Å². The van der Waals surface area contributed by atoms with Crippen LogP contribution in [0.1, 0.15) is 22.3 Å². The van der Waals surface area contributed by atoms with Gasteiger partial charge in [-0.25, -0.2) is 4.79 Å². The third kappa shape index (κ3) is 3.51. The summed E-state index contributed by atoms with van der Waals surface area (Å²) in [5, 5.41) is 11.6. The Kier molecular flexibility index (Phi) is 5.37. The molecule has 0 aliphatic carbocycles. The van der Waals surface area contributed by atoms with E-state index in [0.717, 1.165) is 22.4 Å². The molecule has 31 heavy (non-hydrogen) atoms. The van der Waals surface area contributed by atoms with Gasteiger partial charge in [0.25, 0.3) is 5.79 Å². The molecule has 0 spiro atoms. The molecular weight excluding hydrogens is 400 g/mol. The fourth-order valence-electron chi connectivity index (χ4n) is 3.87. The van der Waals surface area contributed by atoms with Gasteiger partial charge in [-0.05, 0) is 60.9 Å². The van der Waals surface area contributed by atoms with Crippen molar-refractivity contribution in [2.24, 2.45) is 0 Å². The molecule has 162 valence electrons. The maximum Gasteiger partial charge on any atom is 0.345 e. The molecule has 0 bridgehead atoms. The molecule has 0 aromatic heterocycles. The van der Waals surface area contributed by atoms with Crippen LogP contribution in [0, 0.1) is 13.8 Å². The van der Waals surface area contributed by atoms with Crippen molar-refractivity contribution < 1.29 is 33.6 Å². The van der Waals surface area contributed by atoms with E-state index >= 15 is 0 Å².